The Kier molecular flexibility index (Phi) is 23.8. The smallest absolute Gasteiger partial charge is 0.0164 e. The van der Waals surface area contributed by atoms with E-state index < -0.39 is 0 Å². The lowest BCUT2D eigenvalue weighted by Gasteiger charge is -2.26. The van der Waals surface area contributed by atoms with Crippen LogP contribution < -0.4 is 21.3 Å². The fourth-order valence-corrected chi connectivity index (χ4v) is 1.80. The summed E-state index contributed by atoms with van der Waals surface area (Å²) >= 11 is 0. The quantitative estimate of drug-likeness (QED) is 0.521. The van der Waals surface area contributed by atoms with Crippen molar-refractivity contribution in [2.75, 3.05) is 26.2 Å². The van der Waals surface area contributed by atoms with Crippen molar-refractivity contribution < 1.29 is 0 Å². The molecule has 4 N–H and O–H groups in total. The maximum Gasteiger partial charge on any atom is 0.0164 e. The van der Waals surface area contributed by atoms with Crippen molar-refractivity contribution in [1.29, 1.82) is 0 Å². The molecular weight excluding hydrogens is 342 g/mol. The molecule has 0 aliphatic carbocycles. The lowest BCUT2D eigenvalue weighted by atomic mass is 10.2. The van der Waals surface area contributed by atoms with E-state index in [2.05, 4.69) is 49.0 Å². The molecule has 0 aromatic heterocycles. The van der Waals surface area contributed by atoms with Gasteiger partial charge in [0.25, 0.3) is 0 Å². The van der Waals surface area contributed by atoms with Crippen molar-refractivity contribution in [3.63, 3.8) is 0 Å². The molecule has 20 heavy (non-hydrogen) atoms. The van der Waals surface area contributed by atoms with Gasteiger partial charge in [-0.25, -0.2) is 0 Å². The lowest BCUT2D eigenvalue weighted by Crippen LogP contribution is -2.51. The summed E-state index contributed by atoms with van der Waals surface area (Å²) in [5.41, 5.74) is 0. The Balaban J connectivity index is -0.000000107. The predicted octanol–water partition coefficient (Wildman–Crippen LogP) is 1.60. The van der Waals surface area contributed by atoms with Gasteiger partial charge in [0.15, 0.2) is 0 Å². The summed E-state index contributed by atoms with van der Waals surface area (Å²) in [6, 6.07) is 2.63. The third-order valence-electron chi connectivity index (χ3n) is 3.09. The van der Waals surface area contributed by atoms with Crippen LogP contribution >= 0.6 is 49.6 Å². The molecule has 0 amide bonds. The molecule has 0 aromatic carbocycles. The third-order valence-corrected chi connectivity index (χ3v) is 3.09. The Hall–Kier alpha value is 1.00. The molecule has 0 bridgehead atoms. The van der Waals surface area contributed by atoms with Crippen molar-refractivity contribution >= 4 is 49.6 Å². The first-order valence-corrected chi connectivity index (χ1v) is 6.51. The minimum Gasteiger partial charge on any atom is -0.311 e. The number of hydrogen-bond acceptors (Lipinski definition) is 4. The van der Waals surface area contributed by atoms with Crippen molar-refractivity contribution in [2.45, 2.75) is 51.9 Å². The number of rotatable bonds is 0. The van der Waals surface area contributed by atoms with E-state index in [0.717, 1.165) is 26.2 Å². The second kappa shape index (κ2) is 16.4. The van der Waals surface area contributed by atoms with Crippen molar-refractivity contribution in [1.82, 2.24) is 21.3 Å². The lowest BCUT2D eigenvalue weighted by molar-refractivity contribution is 0.376. The van der Waals surface area contributed by atoms with Gasteiger partial charge in [0.2, 0.25) is 0 Å². The molecule has 0 spiro atoms. The molecule has 0 aromatic rings. The number of hydrogen-bond donors (Lipinski definition) is 4. The summed E-state index contributed by atoms with van der Waals surface area (Å²) in [4.78, 5) is 0. The van der Waals surface area contributed by atoms with Crippen molar-refractivity contribution in [3.8, 4) is 0 Å². The fourth-order valence-electron chi connectivity index (χ4n) is 1.80. The SMILES string of the molecule is C[C@@H]1CN[C@H](C)CN1.C[C@H]1CN[C@@H](C)CN1.Cl.Cl.Cl.Cl. The highest BCUT2D eigenvalue weighted by atomic mass is 35.5. The van der Waals surface area contributed by atoms with Crippen molar-refractivity contribution in [2.24, 2.45) is 0 Å². The molecular formula is C12H32Cl4N4. The highest BCUT2D eigenvalue weighted by Gasteiger charge is 2.11. The molecule has 128 valence electrons. The number of halogens is 4. The van der Waals surface area contributed by atoms with E-state index in [0.29, 0.717) is 24.2 Å². The van der Waals surface area contributed by atoms with Gasteiger partial charge < -0.3 is 21.3 Å². The zero-order valence-corrected chi connectivity index (χ0v) is 16.0. The Morgan fingerprint density at radius 2 is 0.600 bits per heavy atom. The molecule has 2 heterocycles. The van der Waals surface area contributed by atoms with Crippen LogP contribution in [0.5, 0.6) is 0 Å². The van der Waals surface area contributed by atoms with Crippen LogP contribution in [0.25, 0.3) is 0 Å². The molecule has 8 heteroatoms. The van der Waals surface area contributed by atoms with Gasteiger partial charge >= 0.3 is 0 Å². The highest BCUT2D eigenvalue weighted by Crippen LogP contribution is 1.90. The molecule has 0 saturated carbocycles. The monoisotopic (exact) mass is 372 g/mol. The van der Waals surface area contributed by atoms with Crippen LogP contribution in [0.1, 0.15) is 27.7 Å². The van der Waals surface area contributed by atoms with Crippen molar-refractivity contribution in [3.05, 3.63) is 0 Å². The third kappa shape index (κ3) is 14.0. The van der Waals surface area contributed by atoms with Gasteiger partial charge in [-0.05, 0) is 27.7 Å². The van der Waals surface area contributed by atoms with E-state index >= 15 is 0 Å². The Labute approximate surface area is 149 Å². The van der Waals surface area contributed by atoms with E-state index in [1.165, 1.54) is 0 Å². The number of piperazine rings is 2. The van der Waals surface area contributed by atoms with Crippen LogP contribution in [-0.2, 0) is 0 Å². The second-order valence-corrected chi connectivity index (χ2v) is 5.24. The summed E-state index contributed by atoms with van der Waals surface area (Å²) in [7, 11) is 0. The van der Waals surface area contributed by atoms with Crippen LogP contribution in [0, 0.1) is 0 Å². The largest absolute Gasteiger partial charge is 0.311 e. The standard InChI is InChI=1S/2C6H14N2.4ClH/c2*1-5-3-8-6(2)4-7-5;;;;/h2*5-8H,3-4H2,1-2H3;4*1H/t2*5-,6-;;;;/m10..../s1. The predicted molar refractivity (Wildman–Crippen MR) is 98.9 cm³/mol. The van der Waals surface area contributed by atoms with Crippen LogP contribution in [0.15, 0.2) is 0 Å². The van der Waals surface area contributed by atoms with Crippen LogP contribution in [0.4, 0.5) is 0 Å². The first kappa shape index (κ1) is 29.1. The van der Waals surface area contributed by atoms with Gasteiger partial charge in [-0.15, -0.1) is 49.6 Å². The fraction of sp³-hybridized carbons (Fsp3) is 1.00. The van der Waals surface area contributed by atoms with E-state index in [-0.39, 0.29) is 49.6 Å². The molecule has 2 fully saturated rings. The van der Waals surface area contributed by atoms with Gasteiger partial charge in [-0.2, -0.15) is 0 Å². The van der Waals surface area contributed by atoms with Gasteiger partial charge in [0.1, 0.15) is 0 Å². The Bertz CT molecular complexity index is 144. The molecule has 4 nitrogen and oxygen atoms in total. The van der Waals surface area contributed by atoms with Crippen LogP contribution in [0.3, 0.4) is 0 Å². The molecule has 0 radical (unpaired) electrons. The van der Waals surface area contributed by atoms with E-state index in [1.54, 1.807) is 0 Å². The summed E-state index contributed by atoms with van der Waals surface area (Å²) in [5.74, 6) is 0. The van der Waals surface area contributed by atoms with E-state index in [4.69, 9.17) is 0 Å². The minimum absolute atomic E-state index is 0. The summed E-state index contributed by atoms with van der Waals surface area (Å²) in [5, 5.41) is 13.5. The molecule has 4 atom stereocenters. The second-order valence-electron chi connectivity index (χ2n) is 5.24. The van der Waals surface area contributed by atoms with Gasteiger partial charge in [0, 0.05) is 50.3 Å². The van der Waals surface area contributed by atoms with Gasteiger partial charge in [0.05, 0.1) is 0 Å². The molecule has 2 rings (SSSR count). The first-order chi connectivity index (χ1) is 7.58. The average Bonchev–Trinajstić information content (AvgIpc) is 2.28. The minimum atomic E-state index is 0. The summed E-state index contributed by atoms with van der Waals surface area (Å²) < 4.78 is 0. The maximum atomic E-state index is 3.37. The topological polar surface area (TPSA) is 48.1 Å². The van der Waals surface area contributed by atoms with Gasteiger partial charge in [-0.1, -0.05) is 0 Å². The summed E-state index contributed by atoms with van der Waals surface area (Å²) in [6.45, 7) is 13.2. The zero-order valence-electron chi connectivity index (χ0n) is 12.8. The summed E-state index contributed by atoms with van der Waals surface area (Å²) in [6.07, 6.45) is 0. The van der Waals surface area contributed by atoms with Gasteiger partial charge in [-0.3, -0.25) is 0 Å². The highest BCUT2D eigenvalue weighted by molar-refractivity contribution is 5.86. The van der Waals surface area contributed by atoms with Crippen LogP contribution in [0.2, 0.25) is 0 Å². The molecule has 2 aliphatic rings. The Morgan fingerprint density at radius 3 is 0.700 bits per heavy atom. The van der Waals surface area contributed by atoms with E-state index in [9.17, 15) is 0 Å². The molecule has 2 saturated heterocycles. The normalized spacial score (nSPS) is 31.8. The average molecular weight is 374 g/mol. The number of nitrogens with one attached hydrogen (secondary N) is 4. The maximum absolute atomic E-state index is 3.37. The van der Waals surface area contributed by atoms with Crippen LogP contribution in [-0.4, -0.2) is 50.3 Å². The van der Waals surface area contributed by atoms with E-state index in [1.807, 2.05) is 0 Å². The first-order valence-electron chi connectivity index (χ1n) is 6.51. The molecule has 0 unspecified atom stereocenters. The zero-order chi connectivity index (χ0) is 12.0. The molecule has 2 aliphatic heterocycles. The Morgan fingerprint density at radius 1 is 0.450 bits per heavy atom.